The summed E-state index contributed by atoms with van der Waals surface area (Å²) in [6.45, 7) is 5.20. The number of nitrogens with zero attached hydrogens (tertiary/aromatic N) is 2. The second kappa shape index (κ2) is 7.12. The molecule has 1 aliphatic carbocycles. The second-order valence-corrected chi connectivity index (χ2v) is 8.27. The number of nitrogens with one attached hydrogen (secondary N) is 1. The highest BCUT2D eigenvalue weighted by Gasteiger charge is 2.36. The van der Waals surface area contributed by atoms with Crippen molar-refractivity contribution in [3.05, 3.63) is 23.9 Å². The number of anilines is 1. The van der Waals surface area contributed by atoms with E-state index in [4.69, 9.17) is 0 Å². The number of hydrogen-bond donors (Lipinski definition) is 1. The Kier molecular flexibility index (Phi) is 5.14. The molecular weight excluding hydrogens is 306 g/mol. The molecule has 2 fully saturated rings. The zero-order chi connectivity index (χ0) is 16.3. The molecular formula is C18H27N3OS. The maximum Gasteiger partial charge on any atom is 0.252 e. The molecule has 0 atom stereocenters. The van der Waals surface area contributed by atoms with Crippen LogP contribution in [0.1, 0.15) is 49.4 Å². The summed E-state index contributed by atoms with van der Waals surface area (Å²) in [5, 5.41) is 3.08. The zero-order valence-corrected chi connectivity index (χ0v) is 15.0. The fraction of sp³-hybridized carbons (Fsp3) is 0.667. The minimum atomic E-state index is -0.00311. The summed E-state index contributed by atoms with van der Waals surface area (Å²) in [7, 11) is 0. The first kappa shape index (κ1) is 16.6. The van der Waals surface area contributed by atoms with Gasteiger partial charge in [-0.05, 0) is 50.0 Å². The number of thioether (sulfide) groups is 1. The molecule has 2 aliphatic rings. The lowest BCUT2D eigenvalue weighted by atomic mass is 9.84. The van der Waals surface area contributed by atoms with E-state index in [9.17, 15) is 4.79 Å². The summed E-state index contributed by atoms with van der Waals surface area (Å²) >= 11 is 1.88. The van der Waals surface area contributed by atoms with Crippen LogP contribution in [0.15, 0.2) is 18.3 Å². The smallest absolute Gasteiger partial charge is 0.252 e. The molecule has 1 saturated carbocycles. The van der Waals surface area contributed by atoms with E-state index < -0.39 is 0 Å². The van der Waals surface area contributed by atoms with Gasteiger partial charge in [0.25, 0.3) is 5.91 Å². The van der Waals surface area contributed by atoms with Crippen molar-refractivity contribution in [3.63, 3.8) is 0 Å². The number of hydrogen-bond acceptors (Lipinski definition) is 4. The van der Waals surface area contributed by atoms with Crippen LogP contribution in [-0.4, -0.2) is 41.5 Å². The predicted molar refractivity (Wildman–Crippen MR) is 97.3 cm³/mol. The first-order valence-corrected chi connectivity index (χ1v) is 9.89. The second-order valence-electron chi connectivity index (χ2n) is 7.00. The molecule has 2 heterocycles. The molecule has 0 aromatic carbocycles. The Morgan fingerprint density at radius 1 is 1.39 bits per heavy atom. The molecule has 0 bridgehead atoms. The normalized spacial score (nSPS) is 20.9. The number of amides is 1. The summed E-state index contributed by atoms with van der Waals surface area (Å²) < 4.78 is 0.271. The van der Waals surface area contributed by atoms with Crippen molar-refractivity contribution >= 4 is 23.5 Å². The quantitative estimate of drug-likeness (QED) is 0.898. The molecule has 1 saturated heterocycles. The third-order valence-electron chi connectivity index (χ3n) is 5.39. The number of rotatable bonds is 5. The SMILES string of the molecule is CSC1(CNC(=O)c2ccc(N3CCC(C)CC3)nc2)CCC1. The maximum absolute atomic E-state index is 12.3. The predicted octanol–water partition coefficient (Wildman–Crippen LogP) is 3.33. The fourth-order valence-corrected chi connectivity index (χ4v) is 4.23. The molecule has 1 N–H and O–H groups in total. The van der Waals surface area contributed by atoms with Crippen molar-refractivity contribution in [3.8, 4) is 0 Å². The van der Waals surface area contributed by atoms with Gasteiger partial charge in [-0.2, -0.15) is 11.8 Å². The lowest BCUT2D eigenvalue weighted by Gasteiger charge is -2.40. The van der Waals surface area contributed by atoms with E-state index in [1.807, 2.05) is 23.9 Å². The average Bonchev–Trinajstić information content (AvgIpc) is 2.55. The van der Waals surface area contributed by atoms with Crippen molar-refractivity contribution < 1.29 is 4.79 Å². The van der Waals surface area contributed by atoms with Crippen LogP contribution in [0.3, 0.4) is 0 Å². The van der Waals surface area contributed by atoms with Gasteiger partial charge < -0.3 is 10.2 Å². The van der Waals surface area contributed by atoms with Gasteiger partial charge >= 0.3 is 0 Å². The topological polar surface area (TPSA) is 45.2 Å². The summed E-state index contributed by atoms with van der Waals surface area (Å²) in [6.07, 6.45) is 10.00. The third-order valence-corrected chi connectivity index (χ3v) is 6.81. The molecule has 3 rings (SSSR count). The largest absolute Gasteiger partial charge is 0.357 e. The van der Waals surface area contributed by atoms with Gasteiger partial charge in [0.05, 0.1) is 5.56 Å². The Balaban J connectivity index is 1.55. The summed E-state index contributed by atoms with van der Waals surface area (Å²) in [5.41, 5.74) is 0.662. The van der Waals surface area contributed by atoms with Gasteiger partial charge in [-0.1, -0.05) is 13.3 Å². The average molecular weight is 334 g/mol. The van der Waals surface area contributed by atoms with Crippen LogP contribution < -0.4 is 10.2 Å². The molecule has 1 aromatic rings. The Morgan fingerprint density at radius 2 is 2.13 bits per heavy atom. The third kappa shape index (κ3) is 3.82. The van der Waals surface area contributed by atoms with Crippen LogP contribution in [0.25, 0.3) is 0 Å². The van der Waals surface area contributed by atoms with Crippen LogP contribution >= 0.6 is 11.8 Å². The lowest BCUT2D eigenvalue weighted by Crippen LogP contribution is -2.45. The molecule has 0 spiro atoms. The molecule has 1 aromatic heterocycles. The number of aromatic nitrogens is 1. The van der Waals surface area contributed by atoms with Crippen LogP contribution in [-0.2, 0) is 0 Å². The molecule has 5 heteroatoms. The summed E-state index contributed by atoms with van der Waals surface area (Å²) in [6, 6.07) is 3.89. The molecule has 1 aliphatic heterocycles. The van der Waals surface area contributed by atoms with E-state index in [2.05, 4.69) is 28.4 Å². The van der Waals surface area contributed by atoms with E-state index in [0.29, 0.717) is 5.56 Å². The first-order valence-electron chi connectivity index (χ1n) is 8.66. The molecule has 23 heavy (non-hydrogen) atoms. The van der Waals surface area contributed by atoms with E-state index in [1.165, 1.54) is 32.1 Å². The van der Waals surface area contributed by atoms with Gasteiger partial charge in [0.2, 0.25) is 0 Å². The molecule has 0 radical (unpaired) electrons. The van der Waals surface area contributed by atoms with Gasteiger partial charge in [-0.15, -0.1) is 0 Å². The lowest BCUT2D eigenvalue weighted by molar-refractivity contribution is 0.0943. The van der Waals surface area contributed by atoms with E-state index >= 15 is 0 Å². The monoisotopic (exact) mass is 333 g/mol. The van der Waals surface area contributed by atoms with Gasteiger partial charge in [0.15, 0.2) is 0 Å². The van der Waals surface area contributed by atoms with E-state index in [1.54, 1.807) is 6.20 Å². The van der Waals surface area contributed by atoms with Crippen molar-refractivity contribution in [1.29, 1.82) is 0 Å². The zero-order valence-electron chi connectivity index (χ0n) is 14.2. The van der Waals surface area contributed by atoms with Crippen LogP contribution in [0.5, 0.6) is 0 Å². The summed E-state index contributed by atoms with van der Waals surface area (Å²) in [4.78, 5) is 19.1. The molecule has 126 valence electrons. The Bertz CT molecular complexity index is 528. The van der Waals surface area contributed by atoms with Gasteiger partial charge in [-0.25, -0.2) is 4.98 Å². The minimum absolute atomic E-state index is 0.00311. The minimum Gasteiger partial charge on any atom is -0.357 e. The molecule has 1 amide bonds. The number of pyridine rings is 1. The Labute approximate surface area is 143 Å². The number of carbonyl (C=O) groups excluding carboxylic acids is 1. The molecule has 0 unspecified atom stereocenters. The Hall–Kier alpha value is -1.23. The van der Waals surface area contributed by atoms with Crippen molar-refractivity contribution in [2.24, 2.45) is 5.92 Å². The number of piperidine rings is 1. The van der Waals surface area contributed by atoms with E-state index in [-0.39, 0.29) is 10.7 Å². The fourth-order valence-electron chi connectivity index (χ4n) is 3.31. The van der Waals surface area contributed by atoms with Gasteiger partial charge in [0.1, 0.15) is 5.82 Å². The first-order chi connectivity index (χ1) is 11.1. The van der Waals surface area contributed by atoms with Crippen LogP contribution in [0.2, 0.25) is 0 Å². The standard InChI is InChI=1S/C18H27N3OS/c1-14-6-10-21(11-7-14)16-5-4-15(12-19-16)17(22)20-13-18(23-2)8-3-9-18/h4-5,12,14H,3,6-11,13H2,1-2H3,(H,20,22). The van der Waals surface area contributed by atoms with Crippen LogP contribution in [0.4, 0.5) is 5.82 Å². The van der Waals surface area contributed by atoms with Crippen molar-refractivity contribution in [2.45, 2.75) is 43.8 Å². The highest BCUT2D eigenvalue weighted by molar-refractivity contribution is 8.00. The van der Waals surface area contributed by atoms with Gasteiger partial charge in [0, 0.05) is 30.6 Å². The molecule has 4 nitrogen and oxygen atoms in total. The van der Waals surface area contributed by atoms with E-state index in [0.717, 1.165) is 31.4 Å². The van der Waals surface area contributed by atoms with Crippen LogP contribution in [0, 0.1) is 5.92 Å². The highest BCUT2D eigenvalue weighted by Crippen LogP contribution is 2.42. The number of carbonyl (C=O) groups is 1. The van der Waals surface area contributed by atoms with Crippen molar-refractivity contribution in [2.75, 3.05) is 30.8 Å². The van der Waals surface area contributed by atoms with Crippen molar-refractivity contribution in [1.82, 2.24) is 10.3 Å². The Morgan fingerprint density at radius 3 is 2.65 bits per heavy atom. The maximum atomic E-state index is 12.3. The summed E-state index contributed by atoms with van der Waals surface area (Å²) in [5.74, 6) is 1.80. The highest BCUT2D eigenvalue weighted by atomic mass is 32.2. The van der Waals surface area contributed by atoms with Gasteiger partial charge in [-0.3, -0.25) is 4.79 Å².